The van der Waals surface area contributed by atoms with Gasteiger partial charge in [0.2, 0.25) is 5.91 Å². The van der Waals surface area contributed by atoms with Gasteiger partial charge in [0.15, 0.2) is 0 Å². The van der Waals surface area contributed by atoms with E-state index in [4.69, 9.17) is 11.6 Å². The molecule has 1 saturated heterocycles. The van der Waals surface area contributed by atoms with Crippen LogP contribution in [0.4, 0.5) is 0 Å². The first kappa shape index (κ1) is 20.7. The van der Waals surface area contributed by atoms with E-state index in [1.807, 2.05) is 47.4 Å². The molecule has 1 unspecified atom stereocenters. The summed E-state index contributed by atoms with van der Waals surface area (Å²) in [5, 5.41) is 0.751. The summed E-state index contributed by atoms with van der Waals surface area (Å²) in [6.45, 7) is 3.05. The quantitative estimate of drug-likeness (QED) is 0.482. The van der Waals surface area contributed by atoms with Crippen LogP contribution in [0.5, 0.6) is 0 Å². The number of rotatable bonds is 3. The number of nitrogens with zero attached hydrogens (tertiary/aromatic N) is 2. The van der Waals surface area contributed by atoms with Crippen LogP contribution in [0.25, 0.3) is 18.2 Å². The average molecular weight is 441 g/mol. The first-order valence-electron chi connectivity index (χ1n) is 11.0. The SMILES string of the molecule is O=C(/C=C/c1ccccc1)N1CCN(C2c3ccccc3C=Cc3ccc(Cl)cc32)CC1. The number of hydrogen-bond donors (Lipinski definition) is 0. The summed E-state index contributed by atoms with van der Waals surface area (Å²) < 4.78 is 0. The summed E-state index contributed by atoms with van der Waals surface area (Å²) in [6.07, 6.45) is 7.94. The number of carbonyl (C=O) groups is 1. The summed E-state index contributed by atoms with van der Waals surface area (Å²) in [6, 6.07) is 24.8. The van der Waals surface area contributed by atoms with Gasteiger partial charge in [-0.3, -0.25) is 9.69 Å². The largest absolute Gasteiger partial charge is 0.337 e. The Labute approximate surface area is 194 Å². The molecule has 1 atom stereocenters. The van der Waals surface area contributed by atoms with Crippen LogP contribution >= 0.6 is 11.6 Å². The zero-order chi connectivity index (χ0) is 21.9. The Hall–Kier alpha value is -3.14. The first-order valence-corrected chi connectivity index (χ1v) is 11.4. The van der Waals surface area contributed by atoms with E-state index in [1.54, 1.807) is 6.08 Å². The molecule has 1 aliphatic carbocycles. The van der Waals surface area contributed by atoms with E-state index in [9.17, 15) is 4.79 Å². The second-order valence-electron chi connectivity index (χ2n) is 8.24. The van der Waals surface area contributed by atoms with Gasteiger partial charge in [0.1, 0.15) is 0 Å². The molecule has 5 rings (SSSR count). The third-order valence-electron chi connectivity index (χ3n) is 6.29. The number of piperazine rings is 1. The summed E-state index contributed by atoms with van der Waals surface area (Å²) in [5.41, 5.74) is 5.97. The lowest BCUT2D eigenvalue weighted by atomic mass is 9.92. The lowest BCUT2D eigenvalue weighted by molar-refractivity contribution is -0.127. The van der Waals surface area contributed by atoms with Crippen LogP contribution in [0.3, 0.4) is 0 Å². The molecule has 1 heterocycles. The highest BCUT2D eigenvalue weighted by molar-refractivity contribution is 6.30. The zero-order valence-corrected chi connectivity index (χ0v) is 18.6. The van der Waals surface area contributed by atoms with Gasteiger partial charge in [0.05, 0.1) is 6.04 Å². The maximum absolute atomic E-state index is 12.7. The third-order valence-corrected chi connectivity index (χ3v) is 6.52. The van der Waals surface area contributed by atoms with E-state index < -0.39 is 0 Å². The van der Waals surface area contributed by atoms with Crippen molar-refractivity contribution in [2.75, 3.05) is 26.2 Å². The normalized spacial score (nSPS) is 18.3. The molecule has 0 radical (unpaired) electrons. The van der Waals surface area contributed by atoms with Crippen molar-refractivity contribution in [1.29, 1.82) is 0 Å². The van der Waals surface area contributed by atoms with Crippen LogP contribution in [-0.4, -0.2) is 41.9 Å². The molecule has 160 valence electrons. The standard InChI is InChI=1S/C28H25ClN2O/c29-24-14-13-23-12-11-22-8-4-5-9-25(22)28(26(23)20-24)31-18-16-30(17-19-31)27(32)15-10-21-6-2-1-3-7-21/h1-15,20,28H,16-19H2/b15-10+. The number of fused-ring (bicyclic) bond motifs is 2. The van der Waals surface area contributed by atoms with E-state index in [2.05, 4.69) is 53.5 Å². The van der Waals surface area contributed by atoms with Crippen LogP contribution in [0.1, 0.15) is 33.9 Å². The molecule has 0 N–H and O–H groups in total. The number of carbonyl (C=O) groups excluding carboxylic acids is 1. The molecule has 1 fully saturated rings. The monoisotopic (exact) mass is 440 g/mol. The minimum absolute atomic E-state index is 0.0693. The molecule has 1 amide bonds. The molecule has 3 aromatic carbocycles. The average Bonchev–Trinajstić information content (AvgIpc) is 3.00. The fourth-order valence-electron chi connectivity index (χ4n) is 4.62. The van der Waals surface area contributed by atoms with Crippen molar-refractivity contribution in [2.24, 2.45) is 0 Å². The highest BCUT2D eigenvalue weighted by Gasteiger charge is 2.30. The van der Waals surface area contributed by atoms with Gasteiger partial charge >= 0.3 is 0 Å². The second-order valence-corrected chi connectivity index (χ2v) is 8.68. The number of halogens is 1. The summed E-state index contributed by atoms with van der Waals surface area (Å²) in [4.78, 5) is 17.2. The van der Waals surface area contributed by atoms with Crippen LogP contribution in [0, 0.1) is 0 Å². The predicted octanol–water partition coefficient (Wildman–Crippen LogP) is 5.77. The summed E-state index contributed by atoms with van der Waals surface area (Å²) in [5.74, 6) is 0.0693. The molecule has 0 spiro atoms. The first-order chi connectivity index (χ1) is 15.7. The Morgan fingerprint density at radius 3 is 2.28 bits per heavy atom. The summed E-state index contributed by atoms with van der Waals surface area (Å²) in [7, 11) is 0. The van der Waals surface area contributed by atoms with E-state index >= 15 is 0 Å². The van der Waals surface area contributed by atoms with Crippen molar-refractivity contribution < 1.29 is 4.79 Å². The molecule has 0 aromatic heterocycles. The zero-order valence-electron chi connectivity index (χ0n) is 17.8. The molecule has 3 nitrogen and oxygen atoms in total. The molecular formula is C28H25ClN2O. The molecule has 0 bridgehead atoms. The van der Waals surface area contributed by atoms with Crippen LogP contribution in [0.15, 0.2) is 78.9 Å². The smallest absolute Gasteiger partial charge is 0.246 e. The Balaban J connectivity index is 1.36. The van der Waals surface area contributed by atoms with Gasteiger partial charge < -0.3 is 4.90 Å². The molecule has 2 aliphatic rings. The van der Waals surface area contributed by atoms with Crippen molar-refractivity contribution in [3.8, 4) is 0 Å². The molecule has 0 saturated carbocycles. The van der Waals surface area contributed by atoms with Crippen LogP contribution in [-0.2, 0) is 4.79 Å². The predicted molar refractivity (Wildman–Crippen MR) is 132 cm³/mol. The molecule has 1 aliphatic heterocycles. The highest BCUT2D eigenvalue weighted by atomic mass is 35.5. The van der Waals surface area contributed by atoms with Crippen molar-refractivity contribution >= 4 is 35.7 Å². The Morgan fingerprint density at radius 2 is 1.50 bits per heavy atom. The van der Waals surface area contributed by atoms with Gasteiger partial charge in [-0.05, 0) is 46.0 Å². The van der Waals surface area contributed by atoms with E-state index in [-0.39, 0.29) is 11.9 Å². The van der Waals surface area contributed by atoms with E-state index in [0.717, 1.165) is 23.7 Å². The lowest BCUT2D eigenvalue weighted by Gasteiger charge is -2.40. The Morgan fingerprint density at radius 1 is 0.812 bits per heavy atom. The third kappa shape index (κ3) is 4.27. The fourth-order valence-corrected chi connectivity index (χ4v) is 4.80. The van der Waals surface area contributed by atoms with Crippen molar-refractivity contribution in [2.45, 2.75) is 6.04 Å². The lowest BCUT2D eigenvalue weighted by Crippen LogP contribution is -2.49. The van der Waals surface area contributed by atoms with E-state index in [1.165, 1.54) is 22.3 Å². The van der Waals surface area contributed by atoms with Gasteiger partial charge in [0, 0.05) is 37.3 Å². The van der Waals surface area contributed by atoms with Gasteiger partial charge in [-0.15, -0.1) is 0 Å². The van der Waals surface area contributed by atoms with Gasteiger partial charge in [-0.2, -0.15) is 0 Å². The van der Waals surface area contributed by atoms with E-state index in [0.29, 0.717) is 13.1 Å². The minimum atomic E-state index is 0.0693. The fraction of sp³-hybridized carbons (Fsp3) is 0.179. The van der Waals surface area contributed by atoms with Crippen molar-refractivity contribution in [1.82, 2.24) is 9.80 Å². The molecule has 32 heavy (non-hydrogen) atoms. The molecule has 3 aromatic rings. The van der Waals surface area contributed by atoms with Crippen LogP contribution < -0.4 is 0 Å². The van der Waals surface area contributed by atoms with Crippen molar-refractivity contribution in [3.63, 3.8) is 0 Å². The second kappa shape index (κ2) is 9.15. The topological polar surface area (TPSA) is 23.6 Å². The number of hydrogen-bond acceptors (Lipinski definition) is 2. The number of benzene rings is 3. The van der Waals surface area contributed by atoms with Crippen molar-refractivity contribution in [3.05, 3.63) is 112 Å². The summed E-state index contributed by atoms with van der Waals surface area (Å²) >= 11 is 6.41. The molecule has 4 heteroatoms. The van der Waals surface area contributed by atoms with Crippen LogP contribution in [0.2, 0.25) is 5.02 Å². The maximum atomic E-state index is 12.7. The minimum Gasteiger partial charge on any atom is -0.337 e. The number of amides is 1. The van der Waals surface area contributed by atoms with Gasteiger partial charge in [-0.1, -0.05) is 84.4 Å². The Kier molecular flexibility index (Phi) is 5.93. The molecular weight excluding hydrogens is 416 g/mol. The van der Waals surface area contributed by atoms with Gasteiger partial charge in [0.25, 0.3) is 0 Å². The Bertz CT molecular complexity index is 1180. The highest BCUT2D eigenvalue weighted by Crippen LogP contribution is 2.38. The maximum Gasteiger partial charge on any atom is 0.246 e. The van der Waals surface area contributed by atoms with Gasteiger partial charge in [-0.25, -0.2) is 0 Å².